The van der Waals surface area contributed by atoms with E-state index < -0.39 is 0 Å². The van der Waals surface area contributed by atoms with Crippen molar-refractivity contribution in [3.8, 4) is 0 Å². The minimum absolute atomic E-state index is 0.0780. The molecule has 0 radical (unpaired) electrons. The predicted octanol–water partition coefficient (Wildman–Crippen LogP) is 0.810. The summed E-state index contributed by atoms with van der Waals surface area (Å²) in [5.41, 5.74) is 0. The maximum absolute atomic E-state index is 5.70. The van der Waals surface area contributed by atoms with E-state index >= 15 is 0 Å². The summed E-state index contributed by atoms with van der Waals surface area (Å²) in [6.45, 7) is 6.27. The fraction of sp³-hybridized carbons (Fsp3) is 0.923. The largest absolute Gasteiger partial charge is 0.349 e. The zero-order chi connectivity index (χ0) is 13.8. The molecule has 0 bridgehead atoms. The van der Waals surface area contributed by atoms with Crippen molar-refractivity contribution in [2.24, 2.45) is 0 Å². The molecule has 1 aromatic rings. The Hall–Kier alpha value is -1.05. The average molecular weight is 281 g/mol. The highest BCUT2D eigenvalue weighted by atomic mass is 16.7. The van der Waals surface area contributed by atoms with Crippen LogP contribution in [0.5, 0.6) is 0 Å². The van der Waals surface area contributed by atoms with Gasteiger partial charge in [0.1, 0.15) is 0 Å². The zero-order valence-electron chi connectivity index (χ0n) is 12.1. The van der Waals surface area contributed by atoms with Crippen LogP contribution in [0.4, 0.5) is 0 Å². The van der Waals surface area contributed by atoms with Crippen molar-refractivity contribution in [2.75, 3.05) is 19.8 Å². The van der Waals surface area contributed by atoms with Crippen LogP contribution >= 0.6 is 0 Å². The summed E-state index contributed by atoms with van der Waals surface area (Å²) in [5, 5.41) is 12.0. The van der Waals surface area contributed by atoms with Crippen molar-refractivity contribution in [1.29, 1.82) is 0 Å². The Balaban J connectivity index is 1.68. The van der Waals surface area contributed by atoms with E-state index in [0.717, 1.165) is 38.3 Å². The lowest BCUT2D eigenvalue weighted by atomic mass is 10.0. The molecule has 3 rings (SSSR count). The van der Waals surface area contributed by atoms with E-state index in [4.69, 9.17) is 9.47 Å². The summed E-state index contributed by atoms with van der Waals surface area (Å²) in [6, 6.07) is 0.332. The number of hydrogen-bond acceptors (Lipinski definition) is 6. The Morgan fingerprint density at radius 3 is 2.90 bits per heavy atom. The highest BCUT2D eigenvalue weighted by Gasteiger charge is 2.34. The number of nitrogens with zero attached hydrogens (tertiary/aromatic N) is 5. The smallest absolute Gasteiger partial charge is 0.173 e. The summed E-state index contributed by atoms with van der Waals surface area (Å²) >= 11 is 0. The topological polar surface area (TPSA) is 65.3 Å². The molecule has 0 amide bonds. The number of ether oxygens (including phenoxy) is 2. The molecule has 2 aliphatic heterocycles. The minimum atomic E-state index is -0.0780. The summed E-state index contributed by atoms with van der Waals surface area (Å²) in [7, 11) is 0. The highest BCUT2D eigenvalue weighted by Crippen LogP contribution is 2.25. The van der Waals surface area contributed by atoms with Crippen LogP contribution in [0.3, 0.4) is 0 Å². The molecule has 112 valence electrons. The zero-order valence-corrected chi connectivity index (χ0v) is 12.1. The van der Waals surface area contributed by atoms with E-state index in [2.05, 4.69) is 27.3 Å². The van der Waals surface area contributed by atoms with Crippen LogP contribution in [0.15, 0.2) is 0 Å². The first kappa shape index (κ1) is 13.9. The van der Waals surface area contributed by atoms with Crippen LogP contribution in [0.25, 0.3) is 0 Å². The van der Waals surface area contributed by atoms with Gasteiger partial charge in [0.05, 0.1) is 25.8 Å². The second-order valence-electron chi connectivity index (χ2n) is 5.46. The van der Waals surface area contributed by atoms with E-state index in [1.807, 2.05) is 4.68 Å². The van der Waals surface area contributed by atoms with Crippen molar-refractivity contribution in [2.45, 2.75) is 58.0 Å². The van der Waals surface area contributed by atoms with Gasteiger partial charge in [0.25, 0.3) is 0 Å². The summed E-state index contributed by atoms with van der Waals surface area (Å²) in [6.07, 6.45) is 4.55. The molecule has 3 heterocycles. The molecule has 7 nitrogen and oxygen atoms in total. The van der Waals surface area contributed by atoms with Crippen molar-refractivity contribution < 1.29 is 9.47 Å². The maximum Gasteiger partial charge on any atom is 0.173 e. The molecule has 0 N–H and O–H groups in total. The first-order valence-electron chi connectivity index (χ1n) is 7.61. The molecule has 0 aromatic carbocycles. The third-order valence-corrected chi connectivity index (χ3v) is 4.01. The van der Waals surface area contributed by atoms with E-state index in [9.17, 15) is 0 Å². The predicted molar refractivity (Wildman–Crippen MR) is 71.8 cm³/mol. The minimum Gasteiger partial charge on any atom is -0.349 e. The molecule has 2 fully saturated rings. The second-order valence-corrected chi connectivity index (χ2v) is 5.46. The fourth-order valence-corrected chi connectivity index (χ4v) is 3.02. The normalized spacial score (nSPS) is 25.4. The number of aromatic nitrogens is 4. The molecule has 20 heavy (non-hydrogen) atoms. The van der Waals surface area contributed by atoms with Gasteiger partial charge in [-0.2, -0.15) is 0 Å². The van der Waals surface area contributed by atoms with Gasteiger partial charge in [-0.3, -0.25) is 4.90 Å². The molecule has 1 unspecified atom stereocenters. The first-order chi connectivity index (χ1) is 9.88. The molecular weight excluding hydrogens is 258 g/mol. The van der Waals surface area contributed by atoms with Gasteiger partial charge in [0.2, 0.25) is 0 Å². The van der Waals surface area contributed by atoms with Crippen molar-refractivity contribution >= 4 is 0 Å². The van der Waals surface area contributed by atoms with Crippen LogP contribution in [-0.4, -0.2) is 57.2 Å². The number of likely N-dealkylation sites (tertiary alicyclic amines) is 1. The van der Waals surface area contributed by atoms with Gasteiger partial charge < -0.3 is 9.47 Å². The summed E-state index contributed by atoms with van der Waals surface area (Å²) in [5.74, 6) is 0.941. The van der Waals surface area contributed by atoms with Crippen LogP contribution in [0.1, 0.15) is 38.4 Å². The molecule has 1 atom stereocenters. The van der Waals surface area contributed by atoms with Crippen molar-refractivity contribution in [3.63, 3.8) is 0 Å². The van der Waals surface area contributed by atoms with Crippen molar-refractivity contribution in [3.05, 3.63) is 5.82 Å². The summed E-state index contributed by atoms with van der Waals surface area (Å²) in [4.78, 5) is 2.41. The first-order valence-corrected chi connectivity index (χ1v) is 7.61. The van der Waals surface area contributed by atoms with Gasteiger partial charge in [-0.05, 0) is 36.2 Å². The molecule has 0 saturated carbocycles. The van der Waals surface area contributed by atoms with Crippen molar-refractivity contribution in [1.82, 2.24) is 25.1 Å². The number of tetrazole rings is 1. The molecule has 1 aromatic heterocycles. The molecular formula is C13H23N5O2. The Labute approximate surface area is 119 Å². The number of piperidine rings is 1. The van der Waals surface area contributed by atoms with E-state index in [1.165, 1.54) is 12.8 Å². The Morgan fingerprint density at radius 1 is 1.25 bits per heavy atom. The quantitative estimate of drug-likeness (QED) is 0.796. The van der Waals surface area contributed by atoms with E-state index in [1.54, 1.807) is 0 Å². The van der Waals surface area contributed by atoms with Crippen LogP contribution in [0, 0.1) is 0 Å². The van der Waals surface area contributed by atoms with Crippen LogP contribution in [-0.2, 0) is 22.6 Å². The Morgan fingerprint density at radius 2 is 2.10 bits per heavy atom. The molecule has 0 aliphatic carbocycles. The lowest BCUT2D eigenvalue weighted by Gasteiger charge is -2.37. The van der Waals surface area contributed by atoms with E-state index in [0.29, 0.717) is 19.3 Å². The number of aryl methyl sites for hydroxylation is 1. The number of rotatable bonds is 5. The summed E-state index contributed by atoms with van der Waals surface area (Å²) < 4.78 is 13.3. The average Bonchev–Trinajstić information content (AvgIpc) is 3.12. The highest BCUT2D eigenvalue weighted by molar-refractivity contribution is 4.88. The molecule has 7 heteroatoms. The van der Waals surface area contributed by atoms with Gasteiger partial charge in [-0.1, -0.05) is 13.3 Å². The Kier molecular flexibility index (Phi) is 4.59. The standard InChI is InChI=1S/C13H23N5O2/c1-2-6-18-12(14-15-16-18)10-17-7-4-3-5-11(17)13-19-8-9-20-13/h11,13H,2-10H2,1H3. The second kappa shape index (κ2) is 6.60. The van der Waals surface area contributed by atoms with Gasteiger partial charge >= 0.3 is 0 Å². The van der Waals surface area contributed by atoms with Crippen LogP contribution in [0.2, 0.25) is 0 Å². The monoisotopic (exact) mass is 281 g/mol. The fourth-order valence-electron chi connectivity index (χ4n) is 3.02. The third-order valence-electron chi connectivity index (χ3n) is 4.01. The molecule has 2 aliphatic rings. The molecule has 0 spiro atoms. The van der Waals surface area contributed by atoms with Crippen LogP contribution < -0.4 is 0 Å². The number of hydrogen-bond donors (Lipinski definition) is 0. The molecule has 2 saturated heterocycles. The maximum atomic E-state index is 5.70. The van der Waals surface area contributed by atoms with Gasteiger partial charge in [0, 0.05) is 6.54 Å². The van der Waals surface area contributed by atoms with E-state index in [-0.39, 0.29) is 6.29 Å². The Bertz CT molecular complexity index is 419. The van der Waals surface area contributed by atoms with Gasteiger partial charge in [-0.15, -0.1) is 5.10 Å². The van der Waals surface area contributed by atoms with Gasteiger partial charge in [-0.25, -0.2) is 4.68 Å². The third kappa shape index (κ3) is 2.99. The van der Waals surface area contributed by atoms with Gasteiger partial charge in [0.15, 0.2) is 12.1 Å². The lowest BCUT2D eigenvalue weighted by Crippen LogP contribution is -2.47. The lowest BCUT2D eigenvalue weighted by molar-refractivity contribution is -0.111. The SMILES string of the molecule is CCCn1nnnc1CN1CCCCC1C1OCCO1.